The summed E-state index contributed by atoms with van der Waals surface area (Å²) in [6.07, 6.45) is 0.331. The molecule has 0 aliphatic carbocycles. The zero-order valence-electron chi connectivity index (χ0n) is 8.49. The number of nitrogens with zero attached hydrogens (tertiary/aromatic N) is 1. The van der Waals surface area contributed by atoms with Crippen LogP contribution in [-0.4, -0.2) is 36.3 Å². The molecule has 1 heterocycles. The second-order valence-electron chi connectivity index (χ2n) is 3.55. The Bertz CT molecular complexity index is 299. The average Bonchev–Trinajstić information content (AvgIpc) is 2.44. The molecule has 0 aromatic carbocycles. The van der Waals surface area contributed by atoms with Crippen LogP contribution in [0.5, 0.6) is 0 Å². The first kappa shape index (κ1) is 10.7. The Labute approximate surface area is 82.0 Å². The second kappa shape index (κ2) is 3.40. The predicted octanol–water partition coefficient (Wildman–Crippen LogP) is -0.0555. The highest BCUT2D eigenvalue weighted by molar-refractivity contribution is 6.09. The molecule has 1 aliphatic heterocycles. The Morgan fingerprint density at radius 1 is 1.50 bits per heavy atom. The van der Waals surface area contributed by atoms with E-state index in [1.54, 1.807) is 0 Å². The molecule has 0 aromatic heterocycles. The van der Waals surface area contributed by atoms with Crippen molar-refractivity contribution in [1.82, 2.24) is 4.90 Å². The van der Waals surface area contributed by atoms with Crippen molar-refractivity contribution in [2.75, 3.05) is 13.7 Å². The van der Waals surface area contributed by atoms with E-state index in [9.17, 15) is 14.4 Å². The van der Waals surface area contributed by atoms with Crippen LogP contribution in [0.1, 0.15) is 20.3 Å². The van der Waals surface area contributed by atoms with Gasteiger partial charge in [0.05, 0.1) is 7.11 Å². The van der Waals surface area contributed by atoms with Gasteiger partial charge in [0.1, 0.15) is 5.41 Å². The lowest BCUT2D eigenvalue weighted by Gasteiger charge is -2.18. The van der Waals surface area contributed by atoms with Gasteiger partial charge in [0, 0.05) is 13.5 Å². The third-order valence-electron chi connectivity index (χ3n) is 2.57. The lowest BCUT2D eigenvalue weighted by molar-refractivity contribution is -0.158. The van der Waals surface area contributed by atoms with Crippen LogP contribution < -0.4 is 0 Å². The lowest BCUT2D eigenvalue weighted by Crippen LogP contribution is -2.40. The van der Waals surface area contributed by atoms with Crippen molar-refractivity contribution in [3.05, 3.63) is 0 Å². The third-order valence-corrected chi connectivity index (χ3v) is 2.57. The number of esters is 1. The summed E-state index contributed by atoms with van der Waals surface area (Å²) in [6, 6.07) is 0. The fourth-order valence-corrected chi connectivity index (χ4v) is 1.56. The highest BCUT2D eigenvalue weighted by Crippen LogP contribution is 2.32. The summed E-state index contributed by atoms with van der Waals surface area (Å²) in [5.74, 6) is -1.37. The maximum absolute atomic E-state index is 11.7. The second-order valence-corrected chi connectivity index (χ2v) is 3.55. The van der Waals surface area contributed by atoms with Crippen molar-refractivity contribution in [3.63, 3.8) is 0 Å². The Balaban J connectivity index is 2.92. The van der Waals surface area contributed by atoms with Crippen molar-refractivity contribution in [2.45, 2.75) is 20.3 Å². The van der Waals surface area contributed by atoms with E-state index in [0.29, 0.717) is 13.0 Å². The number of carbonyl (C=O) groups excluding carboxylic acids is 3. The minimum atomic E-state index is -1.18. The van der Waals surface area contributed by atoms with E-state index in [-0.39, 0.29) is 5.91 Å². The van der Waals surface area contributed by atoms with Gasteiger partial charge in [-0.25, -0.2) is 0 Å². The molecule has 0 radical (unpaired) electrons. The van der Waals surface area contributed by atoms with Gasteiger partial charge < -0.3 is 4.74 Å². The van der Waals surface area contributed by atoms with Crippen LogP contribution in [0, 0.1) is 5.41 Å². The van der Waals surface area contributed by atoms with Crippen LogP contribution in [0.3, 0.4) is 0 Å². The Kier molecular flexibility index (Phi) is 2.59. The molecule has 5 heteroatoms. The summed E-state index contributed by atoms with van der Waals surface area (Å²) in [4.78, 5) is 35.1. The molecule has 0 N–H and O–H groups in total. The van der Waals surface area contributed by atoms with E-state index in [0.717, 1.165) is 4.90 Å². The van der Waals surface area contributed by atoms with Crippen LogP contribution in [0.25, 0.3) is 0 Å². The zero-order valence-corrected chi connectivity index (χ0v) is 8.49. The van der Waals surface area contributed by atoms with Gasteiger partial charge in [-0.15, -0.1) is 0 Å². The number of ether oxygens (including phenoxy) is 1. The third kappa shape index (κ3) is 1.38. The molecule has 0 spiro atoms. The van der Waals surface area contributed by atoms with Crippen molar-refractivity contribution in [2.24, 2.45) is 5.41 Å². The minimum Gasteiger partial charge on any atom is -0.468 e. The summed E-state index contributed by atoms with van der Waals surface area (Å²) in [5.41, 5.74) is -1.18. The molecule has 1 atom stereocenters. The monoisotopic (exact) mass is 199 g/mol. The molecule has 2 amide bonds. The summed E-state index contributed by atoms with van der Waals surface area (Å²) in [5, 5.41) is 0. The molecule has 0 saturated carbocycles. The molecule has 78 valence electrons. The highest BCUT2D eigenvalue weighted by Gasteiger charge is 2.50. The number of hydrogen-bond acceptors (Lipinski definition) is 4. The van der Waals surface area contributed by atoms with E-state index in [4.69, 9.17) is 0 Å². The van der Waals surface area contributed by atoms with E-state index in [1.165, 1.54) is 21.0 Å². The van der Waals surface area contributed by atoms with Gasteiger partial charge in [0.15, 0.2) is 0 Å². The first-order chi connectivity index (χ1) is 6.43. The molecular weight excluding hydrogens is 186 g/mol. The number of hydrogen-bond donors (Lipinski definition) is 0. The SMILES string of the molecule is COC(=O)C1(C)CCN(C(C)=O)C1=O. The predicted molar refractivity (Wildman–Crippen MR) is 47.1 cm³/mol. The maximum Gasteiger partial charge on any atom is 0.321 e. The molecule has 5 nitrogen and oxygen atoms in total. The summed E-state index contributed by atoms with van der Waals surface area (Å²) < 4.78 is 4.54. The topological polar surface area (TPSA) is 63.7 Å². The van der Waals surface area contributed by atoms with Gasteiger partial charge in [0.25, 0.3) is 0 Å². The first-order valence-electron chi connectivity index (χ1n) is 4.34. The summed E-state index contributed by atoms with van der Waals surface area (Å²) >= 11 is 0. The normalized spacial score (nSPS) is 26.5. The number of carbonyl (C=O) groups is 3. The van der Waals surface area contributed by atoms with E-state index in [2.05, 4.69) is 4.74 Å². The van der Waals surface area contributed by atoms with Gasteiger partial charge in [-0.2, -0.15) is 0 Å². The zero-order chi connectivity index (χ0) is 10.9. The van der Waals surface area contributed by atoms with Gasteiger partial charge in [-0.05, 0) is 13.3 Å². The van der Waals surface area contributed by atoms with Crippen LogP contribution in [0.15, 0.2) is 0 Å². The molecule has 0 aromatic rings. The Hall–Kier alpha value is -1.39. The lowest BCUT2D eigenvalue weighted by atomic mass is 9.89. The van der Waals surface area contributed by atoms with Crippen LogP contribution in [0.2, 0.25) is 0 Å². The number of imide groups is 1. The summed E-state index contributed by atoms with van der Waals surface area (Å²) in [6.45, 7) is 3.10. The number of rotatable bonds is 1. The highest BCUT2D eigenvalue weighted by atomic mass is 16.5. The molecule has 1 unspecified atom stereocenters. The summed E-state index contributed by atoms with van der Waals surface area (Å²) in [7, 11) is 1.23. The van der Waals surface area contributed by atoms with Crippen LogP contribution in [-0.2, 0) is 19.1 Å². The molecule has 0 bridgehead atoms. The van der Waals surface area contributed by atoms with E-state index >= 15 is 0 Å². The van der Waals surface area contributed by atoms with Gasteiger partial charge in [-0.3, -0.25) is 19.3 Å². The number of likely N-dealkylation sites (tertiary alicyclic amines) is 1. The van der Waals surface area contributed by atoms with Gasteiger partial charge in [-0.1, -0.05) is 0 Å². The van der Waals surface area contributed by atoms with Crippen molar-refractivity contribution < 1.29 is 19.1 Å². The van der Waals surface area contributed by atoms with Crippen molar-refractivity contribution in [3.8, 4) is 0 Å². The smallest absolute Gasteiger partial charge is 0.321 e. The molecule has 1 fully saturated rings. The van der Waals surface area contributed by atoms with E-state index in [1.807, 2.05) is 0 Å². The van der Waals surface area contributed by atoms with Gasteiger partial charge in [0.2, 0.25) is 11.8 Å². The van der Waals surface area contributed by atoms with Crippen molar-refractivity contribution in [1.29, 1.82) is 0 Å². The minimum absolute atomic E-state index is 0.291. The molecular formula is C9H13NO4. The Morgan fingerprint density at radius 3 is 2.43 bits per heavy atom. The van der Waals surface area contributed by atoms with Crippen LogP contribution in [0.4, 0.5) is 0 Å². The largest absolute Gasteiger partial charge is 0.468 e. The van der Waals surface area contributed by atoms with Gasteiger partial charge >= 0.3 is 5.97 Å². The first-order valence-corrected chi connectivity index (χ1v) is 4.34. The van der Waals surface area contributed by atoms with Crippen molar-refractivity contribution >= 4 is 17.8 Å². The molecule has 1 rings (SSSR count). The van der Waals surface area contributed by atoms with E-state index < -0.39 is 17.3 Å². The average molecular weight is 199 g/mol. The fraction of sp³-hybridized carbons (Fsp3) is 0.667. The molecule has 14 heavy (non-hydrogen) atoms. The maximum atomic E-state index is 11.7. The Morgan fingerprint density at radius 2 is 2.07 bits per heavy atom. The quantitative estimate of drug-likeness (QED) is 0.438. The fourth-order valence-electron chi connectivity index (χ4n) is 1.56. The number of methoxy groups -OCH3 is 1. The number of amides is 2. The standard InChI is InChI=1S/C9H13NO4/c1-6(11)10-5-4-9(2,7(10)12)8(13)14-3/h4-5H2,1-3H3. The van der Waals surface area contributed by atoms with Crippen LogP contribution >= 0.6 is 0 Å². The molecule has 1 saturated heterocycles. The molecule has 1 aliphatic rings.